The number of rotatable bonds is 0. The molecule has 0 heterocycles. The van der Waals surface area contributed by atoms with Gasteiger partial charge in [0.15, 0.2) is 0 Å². The summed E-state index contributed by atoms with van der Waals surface area (Å²) in [5, 5.41) is 0. The van der Waals surface area contributed by atoms with Crippen molar-refractivity contribution >= 4 is 10.4 Å². The Kier molecular flexibility index (Phi) is 43.5. The van der Waals surface area contributed by atoms with Crippen molar-refractivity contribution in [1.29, 1.82) is 0 Å². The van der Waals surface area contributed by atoms with Crippen LogP contribution in [0.4, 0.5) is 0 Å². The molecule has 0 saturated heterocycles. The van der Waals surface area contributed by atoms with E-state index in [4.69, 9.17) is 17.5 Å². The molecule has 0 rings (SSSR count). The Morgan fingerprint density at radius 2 is 0.889 bits per heavy atom. The zero-order valence-corrected chi connectivity index (χ0v) is 11.0. The van der Waals surface area contributed by atoms with Crippen LogP contribution in [0.25, 0.3) is 0 Å². The van der Waals surface area contributed by atoms with Crippen LogP contribution in [0.5, 0.6) is 0 Å². The third-order valence-electron chi connectivity index (χ3n) is 0. The molecule has 0 aromatic rings. The van der Waals surface area contributed by atoms with Crippen molar-refractivity contribution in [3.63, 3.8) is 0 Å². The molecule has 0 aliphatic heterocycles. The van der Waals surface area contributed by atoms with Crippen molar-refractivity contribution in [2.75, 3.05) is 0 Å². The molecule has 0 aliphatic carbocycles. The van der Waals surface area contributed by atoms with Crippen LogP contribution in [0.2, 0.25) is 0 Å². The predicted molar refractivity (Wildman–Crippen MR) is 10.5 cm³/mol. The van der Waals surface area contributed by atoms with E-state index in [2.05, 4.69) is 0 Å². The largest absolute Gasteiger partial charge is 1.00 e. The molecule has 9 heavy (non-hydrogen) atoms. The third-order valence-corrected chi connectivity index (χ3v) is 0. The van der Waals surface area contributed by atoms with Gasteiger partial charge in [0.2, 0.25) is 0 Å². The fraction of sp³-hybridized carbons (Fsp3) is 0. The first-order valence-corrected chi connectivity index (χ1v) is 2.00. The smallest absolute Gasteiger partial charge is 0.759 e. The van der Waals surface area contributed by atoms with E-state index >= 15 is 0 Å². The Labute approximate surface area is 105 Å². The molecular formula is Li2O4Re2S. The minimum Gasteiger partial charge on any atom is -0.759 e. The van der Waals surface area contributed by atoms with Crippen LogP contribution in [0.1, 0.15) is 0 Å². The van der Waals surface area contributed by atoms with Gasteiger partial charge in [-0.3, -0.25) is 8.42 Å². The summed E-state index contributed by atoms with van der Waals surface area (Å²) in [4.78, 5) is 0. The van der Waals surface area contributed by atoms with Crippen LogP contribution >= 0.6 is 0 Å². The zero-order valence-electron chi connectivity index (χ0n) is 4.80. The van der Waals surface area contributed by atoms with Crippen molar-refractivity contribution in [1.82, 2.24) is 0 Å². The second kappa shape index (κ2) is 13.0. The summed E-state index contributed by atoms with van der Waals surface area (Å²) in [6.07, 6.45) is 0. The molecule has 0 aromatic carbocycles. The number of hydrogen-bond acceptors (Lipinski definition) is 4. The van der Waals surface area contributed by atoms with E-state index in [1.807, 2.05) is 0 Å². The average molecular weight is 482 g/mol. The Morgan fingerprint density at radius 1 is 0.889 bits per heavy atom. The Bertz CT molecular complexity index is 99.7. The summed E-state index contributed by atoms with van der Waals surface area (Å²) in [7, 11) is -5.17. The third kappa shape index (κ3) is 128. The van der Waals surface area contributed by atoms with Crippen molar-refractivity contribution in [2.45, 2.75) is 0 Å². The maximum absolute atomic E-state index is 8.52. The van der Waals surface area contributed by atoms with Gasteiger partial charge in [0.05, 0.1) is 0 Å². The SMILES string of the molecule is O=S(=O)([O-])[O-].[Li+].[Li+].[Re].[Re]. The van der Waals surface area contributed by atoms with Crippen LogP contribution in [-0.4, -0.2) is 17.5 Å². The van der Waals surface area contributed by atoms with Gasteiger partial charge >= 0.3 is 37.7 Å². The molecule has 0 fully saturated rings. The fourth-order valence-electron chi connectivity index (χ4n) is 0. The van der Waals surface area contributed by atoms with Gasteiger partial charge in [-0.2, -0.15) is 0 Å². The molecule has 0 bridgehead atoms. The molecule has 0 aromatic heterocycles. The Hall–Kier alpha value is 2.39. The van der Waals surface area contributed by atoms with E-state index in [0.717, 1.165) is 0 Å². The van der Waals surface area contributed by atoms with Gasteiger partial charge in [-0.1, -0.05) is 0 Å². The van der Waals surface area contributed by atoms with E-state index in [0.29, 0.717) is 0 Å². The van der Waals surface area contributed by atoms with Crippen molar-refractivity contribution in [3.05, 3.63) is 0 Å². The molecule has 0 aliphatic rings. The zero-order chi connectivity index (χ0) is 4.50. The van der Waals surface area contributed by atoms with Gasteiger partial charge in [0.25, 0.3) is 0 Å². The van der Waals surface area contributed by atoms with Gasteiger partial charge in [-0.05, 0) is 0 Å². The van der Waals surface area contributed by atoms with E-state index < -0.39 is 10.4 Å². The minimum atomic E-state index is -5.17. The topological polar surface area (TPSA) is 80.3 Å². The van der Waals surface area contributed by atoms with Gasteiger partial charge in [0, 0.05) is 51.2 Å². The quantitative estimate of drug-likeness (QED) is 0.195. The molecule has 4 nitrogen and oxygen atoms in total. The van der Waals surface area contributed by atoms with E-state index in [-0.39, 0.29) is 78.6 Å². The summed E-state index contributed by atoms with van der Waals surface area (Å²) in [5.74, 6) is 0. The molecule has 0 atom stereocenters. The van der Waals surface area contributed by atoms with Crippen LogP contribution in [-0.2, 0) is 51.2 Å². The summed E-state index contributed by atoms with van der Waals surface area (Å²) < 4.78 is 34.1. The normalized spacial score (nSPS) is 6.44. The molecule has 0 spiro atoms. The maximum atomic E-state index is 8.52. The maximum Gasteiger partial charge on any atom is 1.00 e. The van der Waals surface area contributed by atoms with Crippen LogP contribution in [0.3, 0.4) is 0 Å². The van der Waals surface area contributed by atoms with Gasteiger partial charge in [0.1, 0.15) is 0 Å². The Balaban J connectivity index is -0.0000000133. The first-order valence-electron chi connectivity index (χ1n) is 0.667. The van der Waals surface area contributed by atoms with Crippen LogP contribution in [0, 0.1) is 0 Å². The van der Waals surface area contributed by atoms with Crippen LogP contribution < -0.4 is 37.7 Å². The summed E-state index contributed by atoms with van der Waals surface area (Å²) in [6, 6.07) is 0. The number of hydrogen-bond donors (Lipinski definition) is 0. The second-order valence-corrected chi connectivity index (χ2v) is 1.22. The summed E-state index contributed by atoms with van der Waals surface area (Å²) in [6.45, 7) is 0. The van der Waals surface area contributed by atoms with Gasteiger partial charge in [-0.15, -0.1) is 0 Å². The molecule has 2 radical (unpaired) electrons. The van der Waals surface area contributed by atoms with Crippen molar-refractivity contribution in [3.8, 4) is 0 Å². The first-order chi connectivity index (χ1) is 2.00. The van der Waals surface area contributed by atoms with Crippen molar-refractivity contribution < 1.29 is 96.1 Å². The Morgan fingerprint density at radius 3 is 0.889 bits per heavy atom. The van der Waals surface area contributed by atoms with Crippen LogP contribution in [0.15, 0.2) is 0 Å². The summed E-state index contributed by atoms with van der Waals surface area (Å²) >= 11 is 0. The van der Waals surface area contributed by atoms with Gasteiger partial charge in [-0.25, -0.2) is 0 Å². The first kappa shape index (κ1) is 30.1. The average Bonchev–Trinajstić information content (AvgIpc) is 0.722. The summed E-state index contributed by atoms with van der Waals surface area (Å²) in [5.41, 5.74) is 0. The molecule has 0 N–H and O–H groups in total. The van der Waals surface area contributed by atoms with E-state index in [1.165, 1.54) is 0 Å². The minimum absolute atomic E-state index is 0. The van der Waals surface area contributed by atoms with Crippen molar-refractivity contribution in [2.24, 2.45) is 0 Å². The van der Waals surface area contributed by atoms with E-state index in [1.54, 1.807) is 0 Å². The fourth-order valence-corrected chi connectivity index (χ4v) is 0. The molecule has 9 heteroatoms. The van der Waals surface area contributed by atoms with Gasteiger partial charge < -0.3 is 9.11 Å². The predicted octanol–water partition coefficient (Wildman–Crippen LogP) is -7.34. The second-order valence-electron chi connectivity index (χ2n) is 0.408. The molecule has 0 saturated carbocycles. The molecule has 0 unspecified atom stereocenters. The molecule has 46 valence electrons. The monoisotopic (exact) mass is 484 g/mol. The standard InChI is InChI=1S/2Li.H2O4S.2Re/c;;1-5(2,3)4;;/h;;(H2,1,2,3,4);;/q2*+1;;;/p-2. The molecule has 0 amide bonds. The molecular weight excluding hydrogens is 482 g/mol. The van der Waals surface area contributed by atoms with E-state index in [9.17, 15) is 0 Å².